The number of hydrogen-bond donors (Lipinski definition) is 1. The lowest BCUT2D eigenvalue weighted by molar-refractivity contribution is -0.125. The highest BCUT2D eigenvalue weighted by Gasteiger charge is 2.26. The lowest BCUT2D eigenvalue weighted by Crippen LogP contribution is -2.22. The van der Waals surface area contributed by atoms with E-state index in [1.54, 1.807) is 13.0 Å². The van der Waals surface area contributed by atoms with Crippen molar-refractivity contribution in [3.63, 3.8) is 0 Å². The molecule has 1 aromatic rings. The minimum atomic E-state index is -0.150. The molecule has 0 saturated carbocycles. The highest BCUT2D eigenvalue weighted by atomic mass is 16.2. The third-order valence-corrected chi connectivity index (χ3v) is 3.21. The molecular weight excluding hydrogens is 244 g/mol. The van der Waals surface area contributed by atoms with Gasteiger partial charge in [-0.1, -0.05) is 0 Å². The van der Waals surface area contributed by atoms with Crippen LogP contribution in [0.5, 0.6) is 0 Å². The maximum absolute atomic E-state index is 12.1. The van der Waals surface area contributed by atoms with Crippen LogP contribution in [0.2, 0.25) is 0 Å². The summed E-state index contributed by atoms with van der Waals surface area (Å²) in [5.74, 6) is -0.150. The molecule has 1 aromatic heterocycles. The number of aromatic amines is 1. The molecule has 2 rings (SSSR count). The number of H-pyrrole nitrogens is 1. The molecule has 0 fully saturated rings. The molecule has 1 aliphatic rings. The van der Waals surface area contributed by atoms with Crippen LogP contribution in [-0.4, -0.2) is 33.0 Å². The summed E-state index contributed by atoms with van der Waals surface area (Å²) in [4.78, 5) is 24.2. The van der Waals surface area contributed by atoms with E-state index in [-0.39, 0.29) is 11.5 Å². The van der Waals surface area contributed by atoms with Crippen LogP contribution in [0.15, 0.2) is 15.5 Å². The van der Waals surface area contributed by atoms with E-state index in [1.807, 2.05) is 20.8 Å². The molecule has 0 radical (unpaired) electrons. The van der Waals surface area contributed by atoms with E-state index < -0.39 is 0 Å². The van der Waals surface area contributed by atoms with Gasteiger partial charge in [-0.3, -0.25) is 19.4 Å². The molecular formula is C13H18N4O2. The van der Waals surface area contributed by atoms with Gasteiger partial charge in [-0.25, -0.2) is 5.01 Å². The van der Waals surface area contributed by atoms with Gasteiger partial charge in [-0.05, 0) is 33.8 Å². The van der Waals surface area contributed by atoms with Crippen LogP contribution < -0.4 is 5.56 Å². The smallest absolute Gasteiger partial charge is 0.275 e. The van der Waals surface area contributed by atoms with Crippen molar-refractivity contribution in [2.24, 2.45) is 5.10 Å². The summed E-state index contributed by atoms with van der Waals surface area (Å²) in [6.45, 7) is 8.46. The van der Waals surface area contributed by atoms with Crippen molar-refractivity contribution in [2.45, 2.75) is 34.2 Å². The van der Waals surface area contributed by atoms with Crippen molar-refractivity contribution < 1.29 is 4.79 Å². The molecule has 1 N–H and O–H groups in total. The van der Waals surface area contributed by atoms with E-state index in [0.717, 1.165) is 5.69 Å². The predicted octanol–water partition coefficient (Wildman–Crippen LogP) is 1.13. The molecule has 102 valence electrons. The second-order valence-corrected chi connectivity index (χ2v) is 4.46. The lowest BCUT2D eigenvalue weighted by Gasteiger charge is -2.06. The van der Waals surface area contributed by atoms with Crippen molar-refractivity contribution in [2.75, 3.05) is 6.54 Å². The van der Waals surface area contributed by atoms with Crippen molar-refractivity contribution >= 4 is 17.7 Å². The number of carbonyl (C=O) groups excluding carboxylic acids is 1. The summed E-state index contributed by atoms with van der Waals surface area (Å²) in [7, 11) is 0. The third-order valence-electron chi connectivity index (χ3n) is 3.21. The SMILES string of the molecule is CCN1N=C(C)C(=Cc2c(C)[nH]n(CC)c2=O)C1=O. The number of carbonyl (C=O) groups is 1. The Hall–Kier alpha value is -2.11. The number of nitrogens with zero attached hydrogens (tertiary/aromatic N) is 3. The first-order chi connectivity index (χ1) is 8.99. The normalized spacial score (nSPS) is 17.5. The first-order valence-electron chi connectivity index (χ1n) is 6.38. The summed E-state index contributed by atoms with van der Waals surface area (Å²) in [5, 5.41) is 8.56. The van der Waals surface area contributed by atoms with Crippen molar-refractivity contribution in [3.05, 3.63) is 27.2 Å². The molecule has 0 bridgehead atoms. The summed E-state index contributed by atoms with van der Waals surface area (Å²) in [5.41, 5.74) is 2.31. The molecule has 2 heterocycles. The monoisotopic (exact) mass is 262 g/mol. The standard InChI is InChI=1S/C13H18N4O2/c1-5-16-12(18)10(8(3)14-16)7-11-9(4)15-17(6-2)13(11)19/h7,14H,5-6H2,1-4H3. The molecule has 0 spiro atoms. The quantitative estimate of drug-likeness (QED) is 0.829. The maximum atomic E-state index is 12.1. The van der Waals surface area contributed by atoms with Crippen LogP contribution >= 0.6 is 0 Å². The number of aromatic nitrogens is 2. The number of likely N-dealkylation sites (N-methyl/N-ethyl adjacent to an activating group) is 1. The van der Waals surface area contributed by atoms with Crippen molar-refractivity contribution in [1.82, 2.24) is 14.8 Å². The van der Waals surface area contributed by atoms with E-state index >= 15 is 0 Å². The van der Waals surface area contributed by atoms with E-state index in [1.165, 1.54) is 9.69 Å². The minimum Gasteiger partial charge on any atom is -0.299 e. The number of nitrogens with one attached hydrogen (secondary N) is 1. The average Bonchev–Trinajstić information content (AvgIpc) is 2.82. The van der Waals surface area contributed by atoms with Gasteiger partial charge >= 0.3 is 0 Å². The molecule has 6 nitrogen and oxygen atoms in total. The molecule has 6 heteroatoms. The summed E-state index contributed by atoms with van der Waals surface area (Å²) in [6.07, 6.45) is 1.64. The number of rotatable bonds is 3. The number of aryl methyl sites for hydroxylation is 2. The van der Waals surface area contributed by atoms with Gasteiger partial charge in [0.15, 0.2) is 0 Å². The fourth-order valence-corrected chi connectivity index (χ4v) is 2.11. The van der Waals surface area contributed by atoms with Crippen LogP contribution in [0.25, 0.3) is 6.08 Å². The fraction of sp³-hybridized carbons (Fsp3) is 0.462. The zero-order valence-electron chi connectivity index (χ0n) is 11.6. The van der Waals surface area contributed by atoms with E-state index in [2.05, 4.69) is 10.2 Å². The predicted molar refractivity (Wildman–Crippen MR) is 73.9 cm³/mol. The van der Waals surface area contributed by atoms with Gasteiger partial charge in [-0.15, -0.1) is 0 Å². The first-order valence-corrected chi connectivity index (χ1v) is 6.38. The molecule has 0 atom stereocenters. The Bertz CT molecular complexity index is 634. The zero-order valence-corrected chi connectivity index (χ0v) is 11.6. The van der Waals surface area contributed by atoms with Crippen LogP contribution in [0.4, 0.5) is 0 Å². The molecule has 19 heavy (non-hydrogen) atoms. The maximum Gasteiger partial charge on any atom is 0.275 e. The molecule has 0 saturated heterocycles. The van der Waals surface area contributed by atoms with Gasteiger partial charge in [0.05, 0.1) is 16.8 Å². The molecule has 0 aliphatic carbocycles. The Balaban J connectivity index is 2.49. The summed E-state index contributed by atoms with van der Waals surface area (Å²) < 4.78 is 1.52. The Morgan fingerprint density at radius 2 is 1.89 bits per heavy atom. The zero-order chi connectivity index (χ0) is 14.2. The van der Waals surface area contributed by atoms with Crippen molar-refractivity contribution in [1.29, 1.82) is 0 Å². The van der Waals surface area contributed by atoms with Crippen molar-refractivity contribution in [3.8, 4) is 0 Å². The second-order valence-electron chi connectivity index (χ2n) is 4.46. The summed E-state index contributed by atoms with van der Waals surface area (Å²) in [6, 6.07) is 0. The number of hydrazone groups is 1. The van der Waals surface area contributed by atoms with Gasteiger partial charge in [0, 0.05) is 18.8 Å². The van der Waals surface area contributed by atoms with Gasteiger partial charge in [-0.2, -0.15) is 5.10 Å². The second kappa shape index (κ2) is 4.87. The Labute approximate surface area is 111 Å². The highest BCUT2D eigenvalue weighted by Crippen LogP contribution is 2.17. The molecule has 0 aromatic carbocycles. The van der Waals surface area contributed by atoms with Crippen LogP contribution in [0.3, 0.4) is 0 Å². The Morgan fingerprint density at radius 1 is 1.21 bits per heavy atom. The molecule has 1 amide bonds. The highest BCUT2D eigenvalue weighted by molar-refractivity contribution is 6.26. The van der Waals surface area contributed by atoms with Gasteiger partial charge in [0.25, 0.3) is 11.5 Å². The molecule has 1 aliphatic heterocycles. The Morgan fingerprint density at radius 3 is 2.37 bits per heavy atom. The van der Waals surface area contributed by atoms with Gasteiger partial charge < -0.3 is 0 Å². The molecule has 0 unspecified atom stereocenters. The van der Waals surface area contributed by atoms with Crippen LogP contribution in [-0.2, 0) is 11.3 Å². The largest absolute Gasteiger partial charge is 0.299 e. The topological polar surface area (TPSA) is 70.5 Å². The Kier molecular flexibility index (Phi) is 3.42. The van der Waals surface area contributed by atoms with Crippen LogP contribution in [0.1, 0.15) is 32.0 Å². The number of amides is 1. The number of hydrogen-bond acceptors (Lipinski definition) is 3. The average molecular weight is 262 g/mol. The van der Waals surface area contributed by atoms with E-state index in [9.17, 15) is 9.59 Å². The van der Waals surface area contributed by atoms with Gasteiger partial charge in [0.1, 0.15) is 0 Å². The van der Waals surface area contributed by atoms with Gasteiger partial charge in [0.2, 0.25) is 0 Å². The van der Waals surface area contributed by atoms with Crippen LogP contribution in [0, 0.1) is 6.92 Å². The third kappa shape index (κ3) is 2.14. The van der Waals surface area contributed by atoms with E-state index in [4.69, 9.17) is 0 Å². The first kappa shape index (κ1) is 13.3. The fourth-order valence-electron chi connectivity index (χ4n) is 2.11. The lowest BCUT2D eigenvalue weighted by atomic mass is 10.1. The van der Waals surface area contributed by atoms with E-state index in [0.29, 0.717) is 29.9 Å². The summed E-state index contributed by atoms with van der Waals surface area (Å²) >= 11 is 0. The minimum absolute atomic E-state index is 0.108.